The van der Waals surface area contributed by atoms with E-state index < -0.39 is 18.0 Å². The quantitative estimate of drug-likeness (QED) is 0.133. The van der Waals surface area contributed by atoms with Crippen LogP contribution in [0.3, 0.4) is 0 Å². The molecule has 0 bridgehead atoms. The van der Waals surface area contributed by atoms with Gasteiger partial charge in [-0.25, -0.2) is 4.79 Å². The fourth-order valence-corrected chi connectivity index (χ4v) is 3.45. The zero-order chi connectivity index (χ0) is 21.7. The van der Waals surface area contributed by atoms with E-state index in [1.807, 2.05) is 0 Å². The van der Waals surface area contributed by atoms with E-state index in [0.717, 1.165) is 19.3 Å². The van der Waals surface area contributed by atoms with Gasteiger partial charge in [-0.3, -0.25) is 9.59 Å². The van der Waals surface area contributed by atoms with Crippen LogP contribution >= 0.6 is 0 Å². The Morgan fingerprint density at radius 2 is 1.07 bits per heavy atom. The first kappa shape index (κ1) is 32.2. The first-order valence-electron chi connectivity index (χ1n) is 11.7. The number of carbonyl (C=O) groups is 3. The molecule has 1 atom stereocenters. The summed E-state index contributed by atoms with van der Waals surface area (Å²) in [6.07, 6.45) is 18.8. The van der Waals surface area contributed by atoms with Gasteiger partial charge in [0.1, 0.15) is 6.04 Å². The Morgan fingerprint density at radius 3 is 1.43 bits per heavy atom. The minimum absolute atomic E-state index is 0. The standard InChI is InChI=1S/C23H43NO5.Ba/c1-2-3-4-5-6-7-8-9-10-11-12-13-14-15-16-17-21(25)24-20(23(28)29)18-19-22(26)27;/h20H,2-19H2,1H3,(H,24,25)(H,26,27)(H,28,29);/t20-;/m0./s1. The average molecular weight is 551 g/mol. The molecule has 0 spiro atoms. The van der Waals surface area contributed by atoms with Crippen molar-refractivity contribution >= 4 is 66.7 Å². The van der Waals surface area contributed by atoms with Gasteiger partial charge < -0.3 is 15.5 Å². The molecule has 0 rings (SSSR count). The van der Waals surface area contributed by atoms with Gasteiger partial charge in [0, 0.05) is 61.7 Å². The van der Waals surface area contributed by atoms with E-state index >= 15 is 0 Å². The number of aliphatic carboxylic acids is 2. The summed E-state index contributed by atoms with van der Waals surface area (Å²) in [7, 11) is 0. The molecule has 0 aliphatic carbocycles. The maximum Gasteiger partial charge on any atom is 0.326 e. The summed E-state index contributed by atoms with van der Waals surface area (Å²) < 4.78 is 0. The summed E-state index contributed by atoms with van der Waals surface area (Å²) >= 11 is 0. The average Bonchev–Trinajstić information content (AvgIpc) is 2.67. The molecule has 7 heteroatoms. The summed E-state index contributed by atoms with van der Waals surface area (Å²) in [5.74, 6) is -2.55. The maximum absolute atomic E-state index is 11.8. The molecule has 30 heavy (non-hydrogen) atoms. The SMILES string of the molecule is CCCCCCCCCCCCCCCCCC(=O)N[C@@H](CCC(=O)O)C(=O)O.[Ba]. The van der Waals surface area contributed by atoms with Crippen LogP contribution in [-0.4, -0.2) is 83.0 Å². The van der Waals surface area contributed by atoms with Gasteiger partial charge in [-0.05, 0) is 12.8 Å². The van der Waals surface area contributed by atoms with Crippen LogP contribution in [0.4, 0.5) is 0 Å². The van der Waals surface area contributed by atoms with Crippen molar-refractivity contribution in [3.63, 3.8) is 0 Å². The third-order valence-electron chi connectivity index (χ3n) is 5.29. The summed E-state index contributed by atoms with van der Waals surface area (Å²) in [5.41, 5.74) is 0. The zero-order valence-electron chi connectivity index (χ0n) is 19.1. The van der Waals surface area contributed by atoms with Gasteiger partial charge in [0.05, 0.1) is 0 Å². The van der Waals surface area contributed by atoms with E-state index in [2.05, 4.69) is 12.2 Å². The van der Waals surface area contributed by atoms with Gasteiger partial charge in [0.15, 0.2) is 0 Å². The molecule has 0 saturated carbocycles. The van der Waals surface area contributed by atoms with Crippen molar-refractivity contribution in [3.05, 3.63) is 0 Å². The molecular formula is C23H43BaNO5. The third kappa shape index (κ3) is 22.7. The summed E-state index contributed by atoms with van der Waals surface area (Å²) in [6, 6.07) is -1.12. The molecule has 6 nitrogen and oxygen atoms in total. The van der Waals surface area contributed by atoms with Crippen molar-refractivity contribution in [2.75, 3.05) is 0 Å². The fraction of sp³-hybridized carbons (Fsp3) is 0.870. The van der Waals surface area contributed by atoms with E-state index in [1.165, 1.54) is 77.0 Å². The Labute approximate surface area is 223 Å². The molecule has 3 N–H and O–H groups in total. The molecule has 0 saturated heterocycles. The topological polar surface area (TPSA) is 104 Å². The summed E-state index contributed by atoms with van der Waals surface area (Å²) in [6.45, 7) is 2.25. The van der Waals surface area contributed by atoms with Crippen molar-refractivity contribution in [3.8, 4) is 0 Å². The third-order valence-corrected chi connectivity index (χ3v) is 5.29. The second kappa shape index (κ2) is 23.6. The molecular weight excluding hydrogens is 508 g/mol. The van der Waals surface area contributed by atoms with E-state index in [1.54, 1.807) is 0 Å². The van der Waals surface area contributed by atoms with E-state index in [4.69, 9.17) is 10.2 Å². The molecule has 2 radical (unpaired) electrons. The summed E-state index contributed by atoms with van der Waals surface area (Å²) in [4.78, 5) is 33.4. The number of carboxylic acid groups (broad SMARTS) is 2. The molecule has 0 unspecified atom stereocenters. The number of hydrogen-bond acceptors (Lipinski definition) is 3. The van der Waals surface area contributed by atoms with Crippen molar-refractivity contribution in [1.82, 2.24) is 5.32 Å². The number of amides is 1. The molecule has 0 aromatic carbocycles. The van der Waals surface area contributed by atoms with Crippen LogP contribution in [0.1, 0.15) is 122 Å². The first-order chi connectivity index (χ1) is 14.0. The van der Waals surface area contributed by atoms with Crippen molar-refractivity contribution in [1.29, 1.82) is 0 Å². The van der Waals surface area contributed by atoms with Crippen LogP contribution < -0.4 is 5.32 Å². The van der Waals surface area contributed by atoms with Crippen molar-refractivity contribution in [2.24, 2.45) is 0 Å². The van der Waals surface area contributed by atoms with Crippen LogP contribution in [-0.2, 0) is 14.4 Å². The molecule has 0 aliphatic rings. The Balaban J connectivity index is 0. The van der Waals surface area contributed by atoms with Crippen molar-refractivity contribution < 1.29 is 24.6 Å². The Kier molecular flexibility index (Phi) is 25.3. The van der Waals surface area contributed by atoms with Gasteiger partial charge in [-0.1, -0.05) is 96.8 Å². The van der Waals surface area contributed by atoms with E-state index in [0.29, 0.717) is 6.42 Å². The Morgan fingerprint density at radius 1 is 0.667 bits per heavy atom. The number of rotatable bonds is 21. The normalized spacial score (nSPS) is 11.5. The maximum atomic E-state index is 11.8. The number of carbonyl (C=O) groups excluding carboxylic acids is 1. The van der Waals surface area contributed by atoms with Gasteiger partial charge in [-0.15, -0.1) is 0 Å². The smallest absolute Gasteiger partial charge is 0.326 e. The first-order valence-corrected chi connectivity index (χ1v) is 11.7. The largest absolute Gasteiger partial charge is 0.481 e. The van der Waals surface area contributed by atoms with Gasteiger partial charge in [-0.2, -0.15) is 0 Å². The molecule has 0 aliphatic heterocycles. The predicted octanol–water partition coefficient (Wildman–Crippen LogP) is 5.30. The predicted molar refractivity (Wildman–Crippen MR) is 122 cm³/mol. The zero-order valence-corrected chi connectivity index (χ0v) is 23.6. The fourth-order valence-electron chi connectivity index (χ4n) is 3.45. The molecule has 172 valence electrons. The van der Waals surface area contributed by atoms with Crippen LogP contribution in [0.5, 0.6) is 0 Å². The van der Waals surface area contributed by atoms with E-state index in [9.17, 15) is 14.4 Å². The Hall–Kier alpha value is -0.0186. The number of hydrogen-bond donors (Lipinski definition) is 3. The van der Waals surface area contributed by atoms with E-state index in [-0.39, 0.29) is 67.6 Å². The number of unbranched alkanes of at least 4 members (excludes halogenated alkanes) is 14. The van der Waals surface area contributed by atoms with Crippen LogP contribution in [0, 0.1) is 0 Å². The number of carboxylic acids is 2. The second-order valence-corrected chi connectivity index (χ2v) is 8.09. The second-order valence-electron chi connectivity index (χ2n) is 8.09. The molecule has 0 aromatic rings. The van der Waals surface area contributed by atoms with Crippen LogP contribution in [0.25, 0.3) is 0 Å². The molecule has 1 amide bonds. The monoisotopic (exact) mass is 551 g/mol. The van der Waals surface area contributed by atoms with Crippen molar-refractivity contribution in [2.45, 2.75) is 129 Å². The van der Waals surface area contributed by atoms with Crippen LogP contribution in [0.2, 0.25) is 0 Å². The molecule has 0 fully saturated rings. The minimum atomic E-state index is -1.18. The summed E-state index contributed by atoms with van der Waals surface area (Å²) in [5, 5.41) is 20.1. The molecule has 0 aromatic heterocycles. The van der Waals surface area contributed by atoms with Gasteiger partial charge in [0.25, 0.3) is 0 Å². The van der Waals surface area contributed by atoms with Gasteiger partial charge in [0.2, 0.25) is 5.91 Å². The van der Waals surface area contributed by atoms with Crippen LogP contribution in [0.15, 0.2) is 0 Å². The molecule has 0 heterocycles. The minimum Gasteiger partial charge on any atom is -0.481 e. The number of nitrogens with one attached hydrogen (secondary N) is 1. The Bertz CT molecular complexity index is 445. The van der Waals surface area contributed by atoms with Gasteiger partial charge >= 0.3 is 11.9 Å².